The first-order chi connectivity index (χ1) is 7.26. The van der Waals surface area contributed by atoms with E-state index in [0.29, 0.717) is 5.92 Å². The Morgan fingerprint density at radius 3 is 2.20 bits per heavy atom. The molecule has 0 bridgehead atoms. The molecule has 1 atom stereocenters. The van der Waals surface area contributed by atoms with E-state index in [1.165, 1.54) is 25.7 Å². The minimum atomic E-state index is -0.161. The number of unbranched alkanes of at least 4 members (excludes halogenated alkanes) is 3. The lowest BCUT2D eigenvalue weighted by Gasteiger charge is -2.20. The number of hydrogen-bond acceptors (Lipinski definition) is 2. The summed E-state index contributed by atoms with van der Waals surface area (Å²) >= 11 is 0. The molecule has 0 radical (unpaired) electrons. The van der Waals surface area contributed by atoms with Gasteiger partial charge in [0.1, 0.15) is 0 Å². The summed E-state index contributed by atoms with van der Waals surface area (Å²) < 4.78 is 0. The zero-order chi connectivity index (χ0) is 11.5. The van der Waals surface area contributed by atoms with Crippen molar-refractivity contribution in [2.75, 3.05) is 13.1 Å². The summed E-state index contributed by atoms with van der Waals surface area (Å²) in [4.78, 5) is 0. The van der Waals surface area contributed by atoms with Crippen LogP contribution in [0, 0.1) is 5.92 Å². The lowest BCUT2D eigenvalue weighted by molar-refractivity contribution is 0.102. The SMILES string of the molecule is CCCCCCNCC(O)C(CC)CC. The fourth-order valence-electron chi connectivity index (χ4n) is 1.93. The number of nitrogens with one attached hydrogen (secondary N) is 1. The second-order valence-electron chi connectivity index (χ2n) is 4.41. The number of rotatable bonds is 10. The monoisotopic (exact) mass is 215 g/mol. The van der Waals surface area contributed by atoms with E-state index >= 15 is 0 Å². The number of hydrogen-bond donors (Lipinski definition) is 2. The highest BCUT2D eigenvalue weighted by Crippen LogP contribution is 2.12. The second kappa shape index (κ2) is 10.4. The maximum absolute atomic E-state index is 9.85. The van der Waals surface area contributed by atoms with Gasteiger partial charge >= 0.3 is 0 Å². The third-order valence-corrected chi connectivity index (χ3v) is 3.15. The summed E-state index contributed by atoms with van der Waals surface area (Å²) in [6, 6.07) is 0. The van der Waals surface area contributed by atoms with Crippen LogP contribution in [0.3, 0.4) is 0 Å². The number of aliphatic hydroxyl groups excluding tert-OH is 1. The van der Waals surface area contributed by atoms with Crippen molar-refractivity contribution in [3.05, 3.63) is 0 Å². The van der Waals surface area contributed by atoms with Crippen LogP contribution in [-0.2, 0) is 0 Å². The minimum Gasteiger partial charge on any atom is -0.392 e. The highest BCUT2D eigenvalue weighted by atomic mass is 16.3. The van der Waals surface area contributed by atoms with E-state index in [0.717, 1.165) is 25.9 Å². The van der Waals surface area contributed by atoms with E-state index in [4.69, 9.17) is 0 Å². The Morgan fingerprint density at radius 2 is 1.67 bits per heavy atom. The molecule has 92 valence electrons. The molecule has 0 aliphatic heterocycles. The molecule has 0 saturated heterocycles. The second-order valence-corrected chi connectivity index (χ2v) is 4.41. The average molecular weight is 215 g/mol. The van der Waals surface area contributed by atoms with E-state index in [-0.39, 0.29) is 6.10 Å². The van der Waals surface area contributed by atoms with E-state index in [2.05, 4.69) is 26.1 Å². The van der Waals surface area contributed by atoms with Gasteiger partial charge in [-0.2, -0.15) is 0 Å². The highest BCUT2D eigenvalue weighted by molar-refractivity contribution is 4.68. The van der Waals surface area contributed by atoms with Gasteiger partial charge in [0.15, 0.2) is 0 Å². The first-order valence-corrected chi connectivity index (χ1v) is 6.64. The van der Waals surface area contributed by atoms with Gasteiger partial charge in [-0.3, -0.25) is 0 Å². The molecule has 0 heterocycles. The molecule has 0 aromatic carbocycles. The Kier molecular flexibility index (Phi) is 10.4. The first-order valence-electron chi connectivity index (χ1n) is 6.64. The van der Waals surface area contributed by atoms with Crippen LogP contribution < -0.4 is 5.32 Å². The molecule has 2 N–H and O–H groups in total. The standard InChI is InChI=1S/C13H29NO/c1-4-7-8-9-10-14-11-13(15)12(5-2)6-3/h12-15H,4-11H2,1-3H3. The smallest absolute Gasteiger partial charge is 0.0692 e. The van der Waals surface area contributed by atoms with Gasteiger partial charge in [0.25, 0.3) is 0 Å². The van der Waals surface area contributed by atoms with Crippen LogP contribution in [0.2, 0.25) is 0 Å². The molecule has 2 nitrogen and oxygen atoms in total. The first kappa shape index (κ1) is 14.9. The van der Waals surface area contributed by atoms with Crippen molar-refractivity contribution in [3.8, 4) is 0 Å². The molecule has 2 heteroatoms. The summed E-state index contributed by atoms with van der Waals surface area (Å²) in [5.41, 5.74) is 0. The Balaban J connectivity index is 3.33. The Labute approximate surface area is 95.5 Å². The molecule has 0 fully saturated rings. The third-order valence-electron chi connectivity index (χ3n) is 3.15. The van der Waals surface area contributed by atoms with Gasteiger partial charge in [0, 0.05) is 6.54 Å². The van der Waals surface area contributed by atoms with Crippen molar-refractivity contribution < 1.29 is 5.11 Å². The maximum atomic E-state index is 9.85. The lowest BCUT2D eigenvalue weighted by atomic mass is 9.96. The van der Waals surface area contributed by atoms with Gasteiger partial charge in [-0.1, -0.05) is 52.9 Å². The van der Waals surface area contributed by atoms with Crippen LogP contribution in [-0.4, -0.2) is 24.3 Å². The summed E-state index contributed by atoms with van der Waals surface area (Å²) in [5, 5.41) is 13.2. The highest BCUT2D eigenvalue weighted by Gasteiger charge is 2.14. The summed E-state index contributed by atoms with van der Waals surface area (Å²) in [6.45, 7) is 8.34. The van der Waals surface area contributed by atoms with Crippen molar-refractivity contribution in [1.82, 2.24) is 5.32 Å². The Hall–Kier alpha value is -0.0800. The summed E-state index contributed by atoms with van der Waals surface area (Å²) in [5.74, 6) is 0.466. The van der Waals surface area contributed by atoms with Crippen molar-refractivity contribution in [1.29, 1.82) is 0 Å². The molecule has 0 rings (SSSR count). The molecular weight excluding hydrogens is 186 g/mol. The zero-order valence-electron chi connectivity index (χ0n) is 10.8. The van der Waals surface area contributed by atoms with Gasteiger partial charge < -0.3 is 10.4 Å². The van der Waals surface area contributed by atoms with E-state index in [1.54, 1.807) is 0 Å². The van der Waals surface area contributed by atoms with Gasteiger partial charge in [-0.15, -0.1) is 0 Å². The fraction of sp³-hybridized carbons (Fsp3) is 1.00. The van der Waals surface area contributed by atoms with Gasteiger partial charge in [0.05, 0.1) is 6.10 Å². The van der Waals surface area contributed by atoms with Crippen LogP contribution in [0.1, 0.15) is 59.3 Å². The molecule has 0 aromatic rings. The summed E-state index contributed by atoms with van der Waals surface area (Å²) in [7, 11) is 0. The van der Waals surface area contributed by atoms with Crippen LogP contribution in [0.25, 0.3) is 0 Å². The van der Waals surface area contributed by atoms with E-state index in [1.807, 2.05) is 0 Å². The van der Waals surface area contributed by atoms with Crippen LogP contribution in [0.5, 0.6) is 0 Å². The normalized spacial score (nSPS) is 13.4. The third kappa shape index (κ3) is 7.80. The summed E-state index contributed by atoms with van der Waals surface area (Å²) in [6.07, 6.45) is 7.16. The molecule has 0 aromatic heterocycles. The maximum Gasteiger partial charge on any atom is 0.0692 e. The minimum absolute atomic E-state index is 0.161. The topological polar surface area (TPSA) is 32.3 Å². The lowest BCUT2D eigenvalue weighted by Crippen LogP contribution is -2.33. The van der Waals surface area contributed by atoms with E-state index in [9.17, 15) is 5.11 Å². The molecular formula is C13H29NO. The van der Waals surface area contributed by atoms with Crippen molar-refractivity contribution >= 4 is 0 Å². The van der Waals surface area contributed by atoms with Gasteiger partial charge in [-0.25, -0.2) is 0 Å². The van der Waals surface area contributed by atoms with Crippen molar-refractivity contribution in [2.45, 2.75) is 65.4 Å². The van der Waals surface area contributed by atoms with Crippen LogP contribution in [0.15, 0.2) is 0 Å². The number of aliphatic hydroxyl groups is 1. The van der Waals surface area contributed by atoms with Gasteiger partial charge in [-0.05, 0) is 18.9 Å². The molecule has 0 saturated carbocycles. The van der Waals surface area contributed by atoms with E-state index < -0.39 is 0 Å². The van der Waals surface area contributed by atoms with Crippen LogP contribution in [0.4, 0.5) is 0 Å². The predicted molar refractivity (Wildman–Crippen MR) is 67.1 cm³/mol. The molecule has 0 spiro atoms. The molecule has 0 amide bonds. The zero-order valence-corrected chi connectivity index (χ0v) is 10.8. The predicted octanol–water partition coefficient (Wildman–Crippen LogP) is 2.95. The average Bonchev–Trinajstić information content (AvgIpc) is 2.25. The molecule has 0 aliphatic rings. The fourth-order valence-corrected chi connectivity index (χ4v) is 1.93. The largest absolute Gasteiger partial charge is 0.392 e. The Morgan fingerprint density at radius 1 is 1.00 bits per heavy atom. The Bertz CT molecular complexity index is 124. The molecule has 0 aliphatic carbocycles. The van der Waals surface area contributed by atoms with Crippen molar-refractivity contribution in [3.63, 3.8) is 0 Å². The van der Waals surface area contributed by atoms with Crippen LogP contribution >= 0.6 is 0 Å². The molecule has 15 heavy (non-hydrogen) atoms. The quantitative estimate of drug-likeness (QED) is 0.549. The van der Waals surface area contributed by atoms with Crippen molar-refractivity contribution in [2.24, 2.45) is 5.92 Å². The molecule has 1 unspecified atom stereocenters. The van der Waals surface area contributed by atoms with Gasteiger partial charge in [0.2, 0.25) is 0 Å².